The van der Waals surface area contributed by atoms with Crippen LogP contribution in [0.25, 0.3) is 11.2 Å². The first-order valence-corrected chi connectivity index (χ1v) is 7.89. The number of hydrogen-bond acceptors (Lipinski definition) is 6. The fraction of sp³-hybridized carbons (Fsp3) is 0.312. The Kier molecular flexibility index (Phi) is 6.81. The minimum atomic E-state index is 0. The lowest BCUT2D eigenvalue weighted by Crippen LogP contribution is -2.35. The Hall–Kier alpha value is -2.09. The number of halogens is 2. The highest BCUT2D eigenvalue weighted by Crippen LogP contribution is 2.23. The van der Waals surface area contributed by atoms with Gasteiger partial charge in [0.2, 0.25) is 5.95 Å². The van der Waals surface area contributed by atoms with Gasteiger partial charge in [0, 0.05) is 11.7 Å². The molecule has 0 radical (unpaired) electrons. The lowest BCUT2D eigenvalue weighted by Gasteiger charge is -2.23. The summed E-state index contributed by atoms with van der Waals surface area (Å²) < 4.78 is 0. The van der Waals surface area contributed by atoms with Crippen LogP contribution in [0.1, 0.15) is 12.8 Å². The number of anilines is 3. The van der Waals surface area contributed by atoms with Gasteiger partial charge < -0.3 is 20.9 Å². The smallest absolute Gasteiger partial charge is 0.227 e. The van der Waals surface area contributed by atoms with Crippen molar-refractivity contribution in [1.82, 2.24) is 25.3 Å². The third-order valence-electron chi connectivity index (χ3n) is 3.99. The molecule has 0 spiro atoms. The molecule has 0 unspecified atom stereocenters. The number of rotatable bonds is 4. The SMILES string of the molecule is Cl.Cl.c1ccc(Nc2nc(NC3CCNCC3)nc3nc[nH]c23)cc1. The number of nitrogens with one attached hydrogen (secondary N) is 4. The fourth-order valence-electron chi connectivity index (χ4n) is 2.80. The minimum Gasteiger partial charge on any atom is -0.351 e. The highest BCUT2D eigenvalue weighted by molar-refractivity contribution is 5.86. The zero-order valence-electron chi connectivity index (χ0n) is 13.5. The van der Waals surface area contributed by atoms with Crippen molar-refractivity contribution in [3.05, 3.63) is 36.7 Å². The van der Waals surface area contributed by atoms with Gasteiger partial charge in [-0.2, -0.15) is 9.97 Å². The van der Waals surface area contributed by atoms with Gasteiger partial charge in [0.1, 0.15) is 5.52 Å². The molecule has 25 heavy (non-hydrogen) atoms. The molecular formula is C16H21Cl2N7. The molecule has 2 aromatic heterocycles. The summed E-state index contributed by atoms with van der Waals surface area (Å²) in [7, 11) is 0. The number of benzene rings is 1. The molecule has 4 N–H and O–H groups in total. The zero-order chi connectivity index (χ0) is 15.5. The number of aromatic nitrogens is 4. The van der Waals surface area contributed by atoms with E-state index in [0.29, 0.717) is 17.6 Å². The summed E-state index contributed by atoms with van der Waals surface area (Å²) in [5.74, 6) is 1.35. The van der Waals surface area contributed by atoms with Crippen molar-refractivity contribution in [2.45, 2.75) is 18.9 Å². The van der Waals surface area contributed by atoms with Crippen molar-refractivity contribution < 1.29 is 0 Å². The Labute approximate surface area is 158 Å². The van der Waals surface area contributed by atoms with Gasteiger partial charge in [0.25, 0.3) is 0 Å². The number of para-hydroxylation sites is 1. The van der Waals surface area contributed by atoms with E-state index >= 15 is 0 Å². The molecule has 1 aliphatic heterocycles. The van der Waals surface area contributed by atoms with Gasteiger partial charge in [-0.25, -0.2) is 4.98 Å². The van der Waals surface area contributed by atoms with Crippen LogP contribution in [-0.2, 0) is 0 Å². The van der Waals surface area contributed by atoms with Gasteiger partial charge in [-0.05, 0) is 38.1 Å². The number of hydrogen-bond donors (Lipinski definition) is 4. The van der Waals surface area contributed by atoms with Crippen LogP contribution in [0.5, 0.6) is 0 Å². The molecule has 0 saturated carbocycles. The number of fused-ring (bicyclic) bond motifs is 1. The van der Waals surface area contributed by atoms with Gasteiger partial charge in [-0.15, -0.1) is 24.8 Å². The quantitative estimate of drug-likeness (QED) is 0.555. The second-order valence-corrected chi connectivity index (χ2v) is 5.66. The van der Waals surface area contributed by atoms with E-state index < -0.39 is 0 Å². The predicted octanol–water partition coefficient (Wildman–Crippen LogP) is 3.10. The molecule has 0 bridgehead atoms. The Morgan fingerprint density at radius 1 is 1.00 bits per heavy atom. The average Bonchev–Trinajstić information content (AvgIpc) is 3.05. The van der Waals surface area contributed by atoms with Crippen molar-refractivity contribution in [2.24, 2.45) is 0 Å². The van der Waals surface area contributed by atoms with Crippen LogP contribution < -0.4 is 16.0 Å². The number of nitrogens with zero attached hydrogens (tertiary/aromatic N) is 3. The minimum absolute atomic E-state index is 0. The standard InChI is InChI=1S/C16H19N7.2ClH/c1-2-4-11(5-3-1)20-15-13-14(19-10-18-13)22-16(23-15)21-12-6-8-17-9-7-12;;/h1-5,10,12,17H,6-9H2,(H3,18,19,20,21,22,23);2*1H. The molecule has 4 rings (SSSR count). The van der Waals surface area contributed by atoms with Crippen LogP contribution in [-0.4, -0.2) is 39.1 Å². The number of aromatic amines is 1. The maximum atomic E-state index is 4.64. The van der Waals surface area contributed by atoms with Crippen molar-refractivity contribution in [1.29, 1.82) is 0 Å². The van der Waals surface area contributed by atoms with Crippen molar-refractivity contribution in [3.8, 4) is 0 Å². The summed E-state index contributed by atoms with van der Waals surface area (Å²) in [6, 6.07) is 10.4. The third-order valence-corrected chi connectivity index (χ3v) is 3.99. The first-order chi connectivity index (χ1) is 11.4. The average molecular weight is 382 g/mol. The molecular weight excluding hydrogens is 361 g/mol. The van der Waals surface area contributed by atoms with Gasteiger partial charge >= 0.3 is 0 Å². The summed E-state index contributed by atoms with van der Waals surface area (Å²) in [6.45, 7) is 2.05. The predicted molar refractivity (Wildman–Crippen MR) is 105 cm³/mol. The molecule has 0 aliphatic carbocycles. The van der Waals surface area contributed by atoms with Gasteiger partial charge in [0.05, 0.1) is 6.33 Å². The molecule has 1 aliphatic rings. The lowest BCUT2D eigenvalue weighted by molar-refractivity contribution is 0.477. The van der Waals surface area contributed by atoms with E-state index in [1.54, 1.807) is 6.33 Å². The second kappa shape index (κ2) is 8.84. The molecule has 3 aromatic rings. The Bertz CT molecular complexity index is 788. The summed E-state index contributed by atoms with van der Waals surface area (Å²) in [6.07, 6.45) is 3.79. The van der Waals surface area contributed by atoms with E-state index in [9.17, 15) is 0 Å². The maximum absolute atomic E-state index is 4.64. The lowest BCUT2D eigenvalue weighted by atomic mass is 10.1. The second-order valence-electron chi connectivity index (χ2n) is 5.66. The highest BCUT2D eigenvalue weighted by Gasteiger charge is 2.16. The fourth-order valence-corrected chi connectivity index (χ4v) is 2.80. The van der Waals surface area contributed by atoms with E-state index in [-0.39, 0.29) is 24.8 Å². The Morgan fingerprint density at radius 2 is 1.76 bits per heavy atom. The molecule has 0 amide bonds. The number of H-pyrrole nitrogens is 1. The topological polar surface area (TPSA) is 90.6 Å². The van der Waals surface area contributed by atoms with E-state index in [0.717, 1.165) is 43.0 Å². The molecule has 0 atom stereocenters. The van der Waals surface area contributed by atoms with Gasteiger partial charge in [-0.3, -0.25) is 0 Å². The number of piperidine rings is 1. The molecule has 1 fully saturated rings. The molecule has 7 nitrogen and oxygen atoms in total. The molecule has 9 heteroatoms. The normalized spacial score (nSPS) is 14.4. The van der Waals surface area contributed by atoms with Crippen LogP contribution in [0.15, 0.2) is 36.7 Å². The molecule has 1 saturated heterocycles. The summed E-state index contributed by atoms with van der Waals surface area (Å²) in [5, 5.41) is 10.1. The van der Waals surface area contributed by atoms with Gasteiger partial charge in [0.15, 0.2) is 11.5 Å². The molecule has 134 valence electrons. The first-order valence-electron chi connectivity index (χ1n) is 7.89. The molecule has 3 heterocycles. The van der Waals surface area contributed by atoms with E-state index in [1.807, 2.05) is 30.3 Å². The van der Waals surface area contributed by atoms with Gasteiger partial charge in [-0.1, -0.05) is 18.2 Å². The van der Waals surface area contributed by atoms with E-state index in [1.165, 1.54) is 0 Å². The van der Waals surface area contributed by atoms with Crippen LogP contribution in [0.4, 0.5) is 17.5 Å². The zero-order valence-corrected chi connectivity index (χ0v) is 15.2. The summed E-state index contributed by atoms with van der Waals surface area (Å²) >= 11 is 0. The molecule has 1 aromatic carbocycles. The third kappa shape index (κ3) is 4.50. The van der Waals surface area contributed by atoms with Crippen LogP contribution in [0.2, 0.25) is 0 Å². The summed E-state index contributed by atoms with van der Waals surface area (Å²) in [5.41, 5.74) is 2.45. The number of imidazole rings is 1. The first kappa shape index (κ1) is 19.2. The van der Waals surface area contributed by atoms with E-state index in [4.69, 9.17) is 0 Å². The van der Waals surface area contributed by atoms with Crippen molar-refractivity contribution in [2.75, 3.05) is 23.7 Å². The maximum Gasteiger partial charge on any atom is 0.227 e. The Balaban J connectivity index is 0.00000113. The summed E-state index contributed by atoms with van der Waals surface area (Å²) in [4.78, 5) is 16.5. The van der Waals surface area contributed by atoms with E-state index in [2.05, 4.69) is 35.9 Å². The Morgan fingerprint density at radius 3 is 2.52 bits per heavy atom. The van der Waals surface area contributed by atoms with Crippen LogP contribution >= 0.6 is 24.8 Å². The monoisotopic (exact) mass is 381 g/mol. The van der Waals surface area contributed by atoms with Crippen molar-refractivity contribution in [3.63, 3.8) is 0 Å². The largest absolute Gasteiger partial charge is 0.351 e. The van der Waals surface area contributed by atoms with Crippen LogP contribution in [0.3, 0.4) is 0 Å². The highest BCUT2D eigenvalue weighted by atomic mass is 35.5. The van der Waals surface area contributed by atoms with Crippen LogP contribution in [0, 0.1) is 0 Å². The van der Waals surface area contributed by atoms with Crippen molar-refractivity contribution >= 4 is 53.4 Å².